The topological polar surface area (TPSA) is 70.1 Å². The lowest BCUT2D eigenvalue weighted by Gasteiger charge is -2.20. The first-order chi connectivity index (χ1) is 13.2. The van der Waals surface area contributed by atoms with Crippen LogP contribution in [0, 0.1) is 0 Å². The molecule has 3 heterocycles. The number of nitrogens with one attached hydrogen (secondary N) is 2. The standard InChI is InChI=1S/C21H19ClN4O/c22-13-9-15-16(11-24-21(15)23-10-13)17-6-3-7-19(25-17)26-20-14-5-2-1-4-12(14)8-18(20)27/h1-7,9-10,16,18,20,27H,8,11H2,(H,23,24)(H,25,26)/t16?,18-,20+/m0/s1. The molecule has 0 spiro atoms. The van der Waals surface area contributed by atoms with Crippen molar-refractivity contribution in [1.29, 1.82) is 0 Å². The van der Waals surface area contributed by atoms with Crippen molar-refractivity contribution in [3.63, 3.8) is 0 Å². The summed E-state index contributed by atoms with van der Waals surface area (Å²) in [6, 6.07) is 15.9. The third kappa shape index (κ3) is 2.93. The third-order valence-electron chi connectivity index (χ3n) is 5.37. The van der Waals surface area contributed by atoms with Crippen LogP contribution in [0.15, 0.2) is 54.7 Å². The normalized spacial score (nSPS) is 22.8. The summed E-state index contributed by atoms with van der Waals surface area (Å²) in [5.41, 5.74) is 4.35. The predicted molar refractivity (Wildman–Crippen MR) is 106 cm³/mol. The molecule has 6 heteroatoms. The average Bonchev–Trinajstić information content (AvgIpc) is 3.23. The zero-order chi connectivity index (χ0) is 18.4. The second-order valence-electron chi connectivity index (χ2n) is 7.06. The zero-order valence-corrected chi connectivity index (χ0v) is 15.3. The Morgan fingerprint density at radius 2 is 2.00 bits per heavy atom. The molecule has 5 nitrogen and oxygen atoms in total. The fourth-order valence-corrected chi connectivity index (χ4v) is 4.24. The minimum absolute atomic E-state index is 0.105. The quantitative estimate of drug-likeness (QED) is 0.647. The van der Waals surface area contributed by atoms with Crippen LogP contribution in [0.1, 0.15) is 34.3 Å². The van der Waals surface area contributed by atoms with Crippen molar-refractivity contribution in [2.24, 2.45) is 0 Å². The van der Waals surface area contributed by atoms with Crippen LogP contribution in [0.4, 0.5) is 11.6 Å². The smallest absolute Gasteiger partial charge is 0.130 e. The van der Waals surface area contributed by atoms with Gasteiger partial charge in [-0.3, -0.25) is 0 Å². The Balaban J connectivity index is 1.44. The van der Waals surface area contributed by atoms with Crippen LogP contribution in [-0.4, -0.2) is 27.7 Å². The largest absolute Gasteiger partial charge is 0.390 e. The summed E-state index contributed by atoms with van der Waals surface area (Å²) in [5, 5.41) is 17.9. The molecule has 3 aromatic rings. The fourth-order valence-electron chi connectivity index (χ4n) is 4.07. The van der Waals surface area contributed by atoms with E-state index in [0.717, 1.165) is 35.0 Å². The van der Waals surface area contributed by atoms with E-state index >= 15 is 0 Å². The van der Waals surface area contributed by atoms with Gasteiger partial charge in [-0.05, 0) is 29.3 Å². The minimum atomic E-state index is -0.454. The van der Waals surface area contributed by atoms with Gasteiger partial charge in [-0.25, -0.2) is 9.97 Å². The third-order valence-corrected chi connectivity index (χ3v) is 5.57. The van der Waals surface area contributed by atoms with Crippen molar-refractivity contribution in [1.82, 2.24) is 9.97 Å². The molecule has 0 amide bonds. The lowest BCUT2D eigenvalue weighted by molar-refractivity contribution is 0.165. The fraction of sp³-hybridized carbons (Fsp3) is 0.238. The van der Waals surface area contributed by atoms with Gasteiger partial charge in [0, 0.05) is 30.6 Å². The van der Waals surface area contributed by atoms with Gasteiger partial charge in [-0.1, -0.05) is 41.9 Å². The van der Waals surface area contributed by atoms with Crippen LogP contribution >= 0.6 is 11.6 Å². The number of aliphatic hydroxyl groups excluding tert-OH is 1. The van der Waals surface area contributed by atoms with Gasteiger partial charge in [-0.2, -0.15) is 0 Å². The Labute approximate surface area is 162 Å². The Morgan fingerprint density at radius 1 is 1.11 bits per heavy atom. The van der Waals surface area contributed by atoms with Crippen molar-refractivity contribution in [3.05, 3.63) is 82.1 Å². The molecular formula is C21H19ClN4O. The zero-order valence-electron chi connectivity index (χ0n) is 14.6. The maximum Gasteiger partial charge on any atom is 0.130 e. The average molecular weight is 379 g/mol. The molecule has 0 saturated heterocycles. The molecule has 136 valence electrons. The summed E-state index contributed by atoms with van der Waals surface area (Å²) < 4.78 is 0. The minimum Gasteiger partial charge on any atom is -0.390 e. The van der Waals surface area contributed by atoms with Crippen molar-refractivity contribution in [2.45, 2.75) is 24.5 Å². The highest BCUT2D eigenvalue weighted by atomic mass is 35.5. The molecule has 0 bridgehead atoms. The molecule has 1 aliphatic heterocycles. The van der Waals surface area contributed by atoms with Gasteiger partial charge in [-0.15, -0.1) is 0 Å². The van der Waals surface area contributed by atoms with Crippen LogP contribution in [0.25, 0.3) is 0 Å². The lowest BCUT2D eigenvalue weighted by atomic mass is 9.99. The van der Waals surface area contributed by atoms with E-state index in [0.29, 0.717) is 11.4 Å². The molecule has 3 atom stereocenters. The van der Waals surface area contributed by atoms with Gasteiger partial charge in [0.15, 0.2) is 0 Å². The summed E-state index contributed by atoms with van der Waals surface area (Å²) in [7, 11) is 0. The van der Waals surface area contributed by atoms with E-state index in [-0.39, 0.29) is 12.0 Å². The van der Waals surface area contributed by atoms with E-state index in [9.17, 15) is 5.11 Å². The van der Waals surface area contributed by atoms with E-state index < -0.39 is 6.10 Å². The number of fused-ring (bicyclic) bond motifs is 2. The Kier molecular flexibility index (Phi) is 3.99. The molecule has 0 fully saturated rings. The monoisotopic (exact) mass is 378 g/mol. The van der Waals surface area contributed by atoms with Gasteiger partial charge >= 0.3 is 0 Å². The van der Waals surface area contributed by atoms with Gasteiger partial charge in [0.1, 0.15) is 11.6 Å². The molecule has 2 aromatic heterocycles. The number of benzene rings is 1. The lowest BCUT2D eigenvalue weighted by Crippen LogP contribution is -2.22. The second-order valence-corrected chi connectivity index (χ2v) is 7.50. The number of hydrogen-bond acceptors (Lipinski definition) is 5. The first-order valence-corrected chi connectivity index (χ1v) is 9.45. The molecule has 1 aliphatic carbocycles. The van der Waals surface area contributed by atoms with E-state index in [1.165, 1.54) is 5.56 Å². The van der Waals surface area contributed by atoms with Gasteiger partial charge in [0.05, 0.1) is 22.9 Å². The van der Waals surface area contributed by atoms with Crippen LogP contribution in [-0.2, 0) is 6.42 Å². The molecule has 2 aliphatic rings. The Hall–Kier alpha value is -2.63. The van der Waals surface area contributed by atoms with Crippen molar-refractivity contribution in [2.75, 3.05) is 17.2 Å². The second kappa shape index (κ2) is 6.51. The molecule has 5 rings (SSSR count). The predicted octanol–water partition coefficient (Wildman–Crippen LogP) is 3.76. The highest BCUT2D eigenvalue weighted by Gasteiger charge is 2.31. The molecule has 3 N–H and O–H groups in total. The molecule has 0 saturated carbocycles. The van der Waals surface area contributed by atoms with Gasteiger partial charge in [0.2, 0.25) is 0 Å². The highest BCUT2D eigenvalue weighted by molar-refractivity contribution is 6.30. The number of anilines is 2. The number of pyridine rings is 2. The maximum absolute atomic E-state index is 10.5. The summed E-state index contributed by atoms with van der Waals surface area (Å²) in [5.74, 6) is 1.73. The summed E-state index contributed by atoms with van der Waals surface area (Å²) >= 11 is 6.13. The van der Waals surface area contributed by atoms with Crippen molar-refractivity contribution in [3.8, 4) is 0 Å². The van der Waals surface area contributed by atoms with Gasteiger partial charge in [0.25, 0.3) is 0 Å². The Morgan fingerprint density at radius 3 is 2.93 bits per heavy atom. The van der Waals surface area contributed by atoms with E-state index in [2.05, 4.69) is 27.8 Å². The van der Waals surface area contributed by atoms with Crippen molar-refractivity contribution < 1.29 is 5.11 Å². The first kappa shape index (κ1) is 16.5. The molecular weight excluding hydrogens is 360 g/mol. The summed E-state index contributed by atoms with van der Waals surface area (Å²) in [4.78, 5) is 9.18. The van der Waals surface area contributed by atoms with Crippen LogP contribution in [0.5, 0.6) is 0 Å². The maximum atomic E-state index is 10.5. The number of aliphatic hydroxyl groups is 1. The van der Waals surface area contributed by atoms with Gasteiger partial charge < -0.3 is 15.7 Å². The number of hydrogen-bond donors (Lipinski definition) is 3. The molecule has 27 heavy (non-hydrogen) atoms. The number of halogens is 1. The molecule has 1 unspecified atom stereocenters. The number of nitrogens with zero attached hydrogens (tertiary/aromatic N) is 2. The number of rotatable bonds is 3. The van der Waals surface area contributed by atoms with Crippen LogP contribution in [0.3, 0.4) is 0 Å². The number of aromatic nitrogens is 2. The SMILES string of the molecule is O[C@H]1Cc2ccccc2[C@H]1Nc1cccc(C2CNc3ncc(Cl)cc32)n1. The summed E-state index contributed by atoms with van der Waals surface area (Å²) in [6.45, 7) is 0.744. The summed E-state index contributed by atoms with van der Waals surface area (Å²) in [6.07, 6.45) is 1.86. The molecule has 1 aromatic carbocycles. The van der Waals surface area contributed by atoms with Crippen LogP contribution in [0.2, 0.25) is 5.02 Å². The first-order valence-electron chi connectivity index (χ1n) is 9.08. The van der Waals surface area contributed by atoms with Crippen LogP contribution < -0.4 is 10.6 Å². The Bertz CT molecular complexity index is 1010. The van der Waals surface area contributed by atoms with E-state index in [4.69, 9.17) is 16.6 Å². The van der Waals surface area contributed by atoms with E-state index in [1.807, 2.05) is 36.4 Å². The van der Waals surface area contributed by atoms with Crippen molar-refractivity contribution >= 4 is 23.2 Å². The molecule has 0 radical (unpaired) electrons. The highest BCUT2D eigenvalue weighted by Crippen LogP contribution is 2.37. The van der Waals surface area contributed by atoms with E-state index in [1.54, 1.807) is 6.20 Å².